The van der Waals surface area contributed by atoms with Gasteiger partial charge in [0, 0.05) is 13.2 Å². The molecule has 2 aromatic rings. The van der Waals surface area contributed by atoms with Crippen LogP contribution in [-0.2, 0) is 7.05 Å². The van der Waals surface area contributed by atoms with E-state index in [1.54, 1.807) is 0 Å². The van der Waals surface area contributed by atoms with Gasteiger partial charge in [-0.25, -0.2) is 4.98 Å². The highest BCUT2D eigenvalue weighted by atomic mass is 16.5. The summed E-state index contributed by atoms with van der Waals surface area (Å²) in [5.41, 5.74) is 2.19. The molecule has 108 valence electrons. The summed E-state index contributed by atoms with van der Waals surface area (Å²) in [4.78, 5) is 4.46. The van der Waals surface area contributed by atoms with Crippen LogP contribution in [-0.4, -0.2) is 22.2 Å². The van der Waals surface area contributed by atoms with Gasteiger partial charge in [-0.2, -0.15) is 0 Å². The van der Waals surface area contributed by atoms with Crippen LogP contribution < -0.4 is 10.1 Å². The number of aromatic nitrogens is 2. The van der Waals surface area contributed by atoms with Crippen LogP contribution in [0.25, 0.3) is 0 Å². The summed E-state index contributed by atoms with van der Waals surface area (Å²) in [6, 6.07) is 8.31. The third-order valence-corrected chi connectivity index (χ3v) is 2.99. The number of imidazole rings is 1. The van der Waals surface area contributed by atoms with Crippen LogP contribution in [0.15, 0.2) is 36.8 Å². The van der Waals surface area contributed by atoms with Gasteiger partial charge in [-0.3, -0.25) is 0 Å². The van der Waals surface area contributed by atoms with Gasteiger partial charge in [-0.1, -0.05) is 19.1 Å². The highest BCUT2D eigenvalue weighted by molar-refractivity contribution is 5.34. The maximum atomic E-state index is 5.77. The van der Waals surface area contributed by atoms with Gasteiger partial charge in [-0.15, -0.1) is 0 Å². The van der Waals surface area contributed by atoms with Gasteiger partial charge in [0.15, 0.2) is 0 Å². The summed E-state index contributed by atoms with van der Waals surface area (Å²) in [5.74, 6) is 0.899. The lowest BCUT2D eigenvalue weighted by Crippen LogP contribution is -2.22. The smallest absolute Gasteiger partial charge is 0.120 e. The third-order valence-electron chi connectivity index (χ3n) is 2.99. The van der Waals surface area contributed by atoms with Gasteiger partial charge in [0.25, 0.3) is 0 Å². The van der Waals surface area contributed by atoms with Crippen molar-refractivity contribution in [2.45, 2.75) is 32.9 Å². The first kappa shape index (κ1) is 14.6. The van der Waals surface area contributed by atoms with Gasteiger partial charge >= 0.3 is 0 Å². The van der Waals surface area contributed by atoms with Crippen molar-refractivity contribution in [1.82, 2.24) is 14.9 Å². The molecule has 1 N–H and O–H groups in total. The number of aryl methyl sites for hydroxylation is 1. The van der Waals surface area contributed by atoms with E-state index in [1.165, 1.54) is 5.56 Å². The lowest BCUT2D eigenvalue weighted by Gasteiger charge is -2.18. The van der Waals surface area contributed by atoms with Crippen molar-refractivity contribution in [2.75, 3.05) is 6.54 Å². The molecule has 0 radical (unpaired) electrons. The fourth-order valence-corrected chi connectivity index (χ4v) is 2.22. The Morgan fingerprint density at radius 1 is 1.35 bits per heavy atom. The van der Waals surface area contributed by atoms with Crippen molar-refractivity contribution < 1.29 is 4.74 Å². The summed E-state index contributed by atoms with van der Waals surface area (Å²) in [6.45, 7) is 7.06. The second-order valence-electron chi connectivity index (χ2n) is 5.19. The van der Waals surface area contributed by atoms with Crippen LogP contribution in [0.4, 0.5) is 0 Å². The zero-order valence-corrected chi connectivity index (χ0v) is 12.6. The Labute approximate surface area is 120 Å². The molecular weight excluding hydrogens is 250 g/mol. The molecule has 0 aliphatic rings. The topological polar surface area (TPSA) is 39.1 Å². The van der Waals surface area contributed by atoms with Crippen molar-refractivity contribution in [2.24, 2.45) is 7.05 Å². The number of hydrogen-bond donors (Lipinski definition) is 1. The Morgan fingerprint density at radius 2 is 2.15 bits per heavy atom. The number of rotatable bonds is 6. The average Bonchev–Trinajstić information content (AvgIpc) is 2.82. The second kappa shape index (κ2) is 6.57. The molecule has 1 atom stereocenters. The van der Waals surface area contributed by atoms with E-state index >= 15 is 0 Å². The second-order valence-corrected chi connectivity index (χ2v) is 5.19. The van der Waals surface area contributed by atoms with Crippen molar-refractivity contribution in [1.29, 1.82) is 0 Å². The molecule has 1 unspecified atom stereocenters. The maximum Gasteiger partial charge on any atom is 0.120 e. The van der Waals surface area contributed by atoms with Crippen LogP contribution in [0.3, 0.4) is 0 Å². The quantitative estimate of drug-likeness (QED) is 0.879. The van der Waals surface area contributed by atoms with Crippen LogP contribution in [0.1, 0.15) is 38.1 Å². The van der Waals surface area contributed by atoms with E-state index in [0.29, 0.717) is 0 Å². The standard InChI is InChI=1S/C16H23N3O/c1-5-17-16(15-10-19(4)11-18-15)13-7-6-8-14(9-13)20-12(2)3/h6-12,16-17H,5H2,1-4H3. The Morgan fingerprint density at radius 3 is 2.75 bits per heavy atom. The zero-order chi connectivity index (χ0) is 14.5. The molecule has 0 bridgehead atoms. The molecule has 0 spiro atoms. The van der Waals surface area contributed by atoms with E-state index in [1.807, 2.05) is 50.1 Å². The molecule has 4 heteroatoms. The number of nitrogens with zero attached hydrogens (tertiary/aromatic N) is 2. The van der Waals surface area contributed by atoms with E-state index in [4.69, 9.17) is 4.74 Å². The summed E-state index contributed by atoms with van der Waals surface area (Å²) in [6.07, 6.45) is 4.05. The molecule has 0 aliphatic heterocycles. The Hall–Kier alpha value is -1.81. The largest absolute Gasteiger partial charge is 0.491 e. The normalized spacial score (nSPS) is 12.7. The number of ether oxygens (including phenoxy) is 1. The molecule has 0 fully saturated rings. The number of benzene rings is 1. The first-order valence-corrected chi connectivity index (χ1v) is 7.08. The van der Waals surface area contributed by atoms with E-state index in [9.17, 15) is 0 Å². The lowest BCUT2D eigenvalue weighted by atomic mass is 10.0. The van der Waals surface area contributed by atoms with Crippen molar-refractivity contribution in [3.05, 3.63) is 48.0 Å². The molecule has 1 aromatic heterocycles. The monoisotopic (exact) mass is 273 g/mol. The molecule has 0 amide bonds. The van der Waals surface area contributed by atoms with Crippen molar-refractivity contribution >= 4 is 0 Å². The van der Waals surface area contributed by atoms with Crippen LogP contribution in [0, 0.1) is 0 Å². The predicted octanol–water partition coefficient (Wildman–Crippen LogP) is 2.91. The van der Waals surface area contributed by atoms with Gasteiger partial charge < -0.3 is 14.6 Å². The van der Waals surface area contributed by atoms with E-state index in [-0.39, 0.29) is 12.1 Å². The molecule has 20 heavy (non-hydrogen) atoms. The average molecular weight is 273 g/mol. The van der Waals surface area contributed by atoms with E-state index in [0.717, 1.165) is 18.0 Å². The molecule has 0 saturated carbocycles. The fourth-order valence-electron chi connectivity index (χ4n) is 2.22. The summed E-state index contributed by atoms with van der Waals surface area (Å²) >= 11 is 0. The van der Waals surface area contributed by atoms with E-state index < -0.39 is 0 Å². The highest BCUT2D eigenvalue weighted by Gasteiger charge is 2.16. The van der Waals surface area contributed by atoms with Gasteiger partial charge in [0.05, 0.1) is 24.2 Å². The first-order valence-electron chi connectivity index (χ1n) is 7.08. The van der Waals surface area contributed by atoms with Crippen LogP contribution in [0.5, 0.6) is 5.75 Å². The van der Waals surface area contributed by atoms with Gasteiger partial charge in [0.2, 0.25) is 0 Å². The summed E-state index contributed by atoms with van der Waals surface area (Å²) in [7, 11) is 1.98. The SMILES string of the molecule is CCNC(c1cccc(OC(C)C)c1)c1cn(C)cn1. The molecule has 2 rings (SSSR count). The lowest BCUT2D eigenvalue weighted by molar-refractivity contribution is 0.242. The van der Waals surface area contributed by atoms with Crippen molar-refractivity contribution in [3.8, 4) is 5.75 Å². The van der Waals surface area contributed by atoms with Gasteiger partial charge in [-0.05, 0) is 38.1 Å². The minimum atomic E-state index is 0.0944. The Kier molecular flexibility index (Phi) is 4.79. The molecule has 1 aromatic carbocycles. The molecule has 4 nitrogen and oxygen atoms in total. The number of hydrogen-bond acceptors (Lipinski definition) is 3. The van der Waals surface area contributed by atoms with E-state index in [2.05, 4.69) is 29.4 Å². The summed E-state index contributed by atoms with van der Waals surface area (Å²) in [5, 5.41) is 3.48. The molecule has 0 saturated heterocycles. The predicted molar refractivity (Wildman–Crippen MR) is 80.9 cm³/mol. The highest BCUT2D eigenvalue weighted by Crippen LogP contribution is 2.24. The molecule has 1 heterocycles. The number of nitrogens with one attached hydrogen (secondary N) is 1. The Bertz CT molecular complexity index is 548. The van der Waals surface area contributed by atoms with Crippen LogP contribution in [0.2, 0.25) is 0 Å². The minimum Gasteiger partial charge on any atom is -0.491 e. The maximum absolute atomic E-state index is 5.77. The molecular formula is C16H23N3O. The summed E-state index contributed by atoms with van der Waals surface area (Å²) < 4.78 is 7.74. The third kappa shape index (κ3) is 3.61. The Balaban J connectivity index is 2.29. The van der Waals surface area contributed by atoms with Gasteiger partial charge in [0.1, 0.15) is 5.75 Å². The fraction of sp³-hybridized carbons (Fsp3) is 0.438. The van der Waals surface area contributed by atoms with Crippen LogP contribution >= 0.6 is 0 Å². The minimum absolute atomic E-state index is 0.0944. The van der Waals surface area contributed by atoms with Crippen molar-refractivity contribution in [3.63, 3.8) is 0 Å². The first-order chi connectivity index (χ1) is 9.60. The molecule has 0 aliphatic carbocycles. The zero-order valence-electron chi connectivity index (χ0n) is 12.6.